The average molecular weight is 339 g/mol. The summed E-state index contributed by atoms with van der Waals surface area (Å²) in [5.41, 5.74) is 1.82. The van der Waals surface area contributed by atoms with E-state index >= 15 is 0 Å². The lowest BCUT2D eigenvalue weighted by molar-refractivity contribution is -0.0174. The first-order valence-electron chi connectivity index (χ1n) is 8.89. The van der Waals surface area contributed by atoms with Gasteiger partial charge in [0.1, 0.15) is 11.4 Å². The van der Waals surface area contributed by atoms with Crippen molar-refractivity contribution in [3.05, 3.63) is 77.1 Å². The van der Waals surface area contributed by atoms with Crippen molar-refractivity contribution in [1.29, 1.82) is 0 Å². The molecule has 132 valence electrons. The van der Waals surface area contributed by atoms with E-state index in [2.05, 4.69) is 11.0 Å². The average Bonchev–Trinajstić information content (AvgIpc) is 2.60. The van der Waals surface area contributed by atoms with Crippen LogP contribution in [0.4, 0.5) is 4.39 Å². The van der Waals surface area contributed by atoms with Crippen LogP contribution < -0.4 is 0 Å². The Kier molecular flexibility index (Phi) is 5.36. The number of nitrogens with zero attached hydrogens (tertiary/aromatic N) is 1. The molecule has 0 saturated heterocycles. The van der Waals surface area contributed by atoms with E-state index in [1.54, 1.807) is 12.1 Å². The second-order valence-corrected chi connectivity index (χ2v) is 7.20. The SMILES string of the molecule is CN(C)CC1CCC/C(=C/c2ccccc2)C1(O)c1ccc(F)cc1. The van der Waals surface area contributed by atoms with Gasteiger partial charge in [-0.1, -0.05) is 48.5 Å². The molecule has 0 radical (unpaired) electrons. The number of benzene rings is 2. The van der Waals surface area contributed by atoms with Gasteiger partial charge < -0.3 is 10.0 Å². The molecule has 0 aliphatic heterocycles. The monoisotopic (exact) mass is 339 g/mol. The summed E-state index contributed by atoms with van der Waals surface area (Å²) >= 11 is 0. The Morgan fingerprint density at radius 2 is 1.80 bits per heavy atom. The van der Waals surface area contributed by atoms with Crippen LogP contribution in [0.2, 0.25) is 0 Å². The number of rotatable bonds is 4. The molecule has 1 N–H and O–H groups in total. The molecule has 0 bridgehead atoms. The minimum Gasteiger partial charge on any atom is -0.380 e. The van der Waals surface area contributed by atoms with Gasteiger partial charge in [0.2, 0.25) is 0 Å². The standard InChI is InChI=1S/C22H26FNO/c1-24(2)16-20-10-6-9-19(15-17-7-4-3-5-8-17)22(20,25)18-11-13-21(23)14-12-18/h3-5,7-8,11-15,20,25H,6,9-10,16H2,1-2H3/b19-15-. The molecule has 0 spiro atoms. The van der Waals surface area contributed by atoms with Crippen LogP contribution in [0.15, 0.2) is 60.2 Å². The van der Waals surface area contributed by atoms with E-state index in [-0.39, 0.29) is 11.7 Å². The van der Waals surface area contributed by atoms with Crippen molar-refractivity contribution >= 4 is 6.08 Å². The zero-order chi connectivity index (χ0) is 17.9. The van der Waals surface area contributed by atoms with Crippen LogP contribution in [0.25, 0.3) is 6.08 Å². The Morgan fingerprint density at radius 1 is 1.12 bits per heavy atom. The molecular formula is C22H26FNO. The number of aliphatic hydroxyl groups is 1. The minimum absolute atomic E-state index is 0.0803. The second-order valence-electron chi connectivity index (χ2n) is 7.20. The molecule has 0 aromatic heterocycles. The van der Waals surface area contributed by atoms with Gasteiger partial charge in [0.25, 0.3) is 0 Å². The molecule has 2 atom stereocenters. The van der Waals surface area contributed by atoms with Crippen LogP contribution in [0.5, 0.6) is 0 Å². The van der Waals surface area contributed by atoms with Gasteiger partial charge in [-0.25, -0.2) is 4.39 Å². The molecule has 2 nitrogen and oxygen atoms in total. The molecule has 3 heteroatoms. The van der Waals surface area contributed by atoms with Gasteiger partial charge >= 0.3 is 0 Å². The highest BCUT2D eigenvalue weighted by Gasteiger charge is 2.44. The van der Waals surface area contributed by atoms with Crippen molar-refractivity contribution < 1.29 is 9.50 Å². The first-order valence-corrected chi connectivity index (χ1v) is 8.89. The zero-order valence-electron chi connectivity index (χ0n) is 15.0. The Balaban J connectivity index is 2.08. The van der Waals surface area contributed by atoms with Gasteiger partial charge in [-0.2, -0.15) is 0 Å². The third-order valence-electron chi connectivity index (χ3n) is 5.09. The minimum atomic E-state index is -1.06. The van der Waals surface area contributed by atoms with Crippen molar-refractivity contribution in [2.24, 2.45) is 5.92 Å². The van der Waals surface area contributed by atoms with E-state index in [1.807, 2.05) is 44.4 Å². The first kappa shape index (κ1) is 17.8. The van der Waals surface area contributed by atoms with Crippen molar-refractivity contribution in [1.82, 2.24) is 4.90 Å². The van der Waals surface area contributed by atoms with E-state index in [4.69, 9.17) is 0 Å². The largest absolute Gasteiger partial charge is 0.380 e. The van der Waals surface area contributed by atoms with Gasteiger partial charge in [0.05, 0.1) is 0 Å². The van der Waals surface area contributed by atoms with Gasteiger partial charge in [-0.05, 0) is 62.2 Å². The Hall–Kier alpha value is -1.97. The molecular weight excluding hydrogens is 313 g/mol. The van der Waals surface area contributed by atoms with Crippen LogP contribution in [-0.2, 0) is 5.60 Å². The lowest BCUT2D eigenvalue weighted by atomic mass is 9.67. The maximum Gasteiger partial charge on any atom is 0.123 e. The van der Waals surface area contributed by atoms with Gasteiger partial charge in [0, 0.05) is 12.5 Å². The number of halogens is 1. The van der Waals surface area contributed by atoms with Crippen LogP contribution in [-0.4, -0.2) is 30.6 Å². The molecule has 0 amide bonds. The summed E-state index contributed by atoms with van der Waals surface area (Å²) in [6, 6.07) is 16.4. The third-order valence-corrected chi connectivity index (χ3v) is 5.09. The van der Waals surface area contributed by atoms with E-state index < -0.39 is 5.60 Å². The van der Waals surface area contributed by atoms with E-state index in [9.17, 15) is 9.50 Å². The smallest absolute Gasteiger partial charge is 0.123 e. The summed E-state index contributed by atoms with van der Waals surface area (Å²) in [4.78, 5) is 2.12. The van der Waals surface area contributed by atoms with Crippen LogP contribution in [0.1, 0.15) is 30.4 Å². The van der Waals surface area contributed by atoms with Gasteiger partial charge in [-0.15, -0.1) is 0 Å². The first-order chi connectivity index (χ1) is 12.0. The summed E-state index contributed by atoms with van der Waals surface area (Å²) in [5, 5.41) is 11.8. The maximum atomic E-state index is 13.4. The third kappa shape index (κ3) is 3.83. The molecule has 2 unspecified atom stereocenters. The van der Waals surface area contributed by atoms with Crippen LogP contribution in [0, 0.1) is 11.7 Å². The van der Waals surface area contributed by atoms with Crippen molar-refractivity contribution in [2.45, 2.75) is 24.9 Å². The molecule has 1 aliphatic carbocycles. The highest BCUT2D eigenvalue weighted by atomic mass is 19.1. The maximum absolute atomic E-state index is 13.4. The van der Waals surface area contributed by atoms with Crippen LogP contribution in [0.3, 0.4) is 0 Å². The number of hydrogen-bond acceptors (Lipinski definition) is 2. The normalized spacial score (nSPS) is 25.5. The Bertz CT molecular complexity index is 723. The number of hydrogen-bond donors (Lipinski definition) is 1. The molecule has 1 saturated carbocycles. The zero-order valence-corrected chi connectivity index (χ0v) is 15.0. The molecule has 2 aromatic carbocycles. The van der Waals surface area contributed by atoms with Crippen molar-refractivity contribution in [2.75, 3.05) is 20.6 Å². The quantitative estimate of drug-likeness (QED) is 0.889. The second kappa shape index (κ2) is 7.51. The fourth-order valence-electron chi connectivity index (χ4n) is 3.92. The van der Waals surface area contributed by atoms with Crippen molar-refractivity contribution in [3.63, 3.8) is 0 Å². The molecule has 1 fully saturated rings. The summed E-state index contributed by atoms with van der Waals surface area (Å²) < 4.78 is 13.4. The van der Waals surface area contributed by atoms with Crippen LogP contribution >= 0.6 is 0 Å². The Labute approximate surface area is 149 Å². The van der Waals surface area contributed by atoms with E-state index in [0.29, 0.717) is 0 Å². The fraction of sp³-hybridized carbons (Fsp3) is 0.364. The fourth-order valence-corrected chi connectivity index (χ4v) is 3.92. The topological polar surface area (TPSA) is 23.5 Å². The summed E-state index contributed by atoms with van der Waals surface area (Å²) in [5.74, 6) is -0.197. The van der Waals surface area contributed by atoms with E-state index in [1.165, 1.54) is 12.1 Å². The molecule has 0 heterocycles. The Morgan fingerprint density at radius 3 is 2.44 bits per heavy atom. The molecule has 25 heavy (non-hydrogen) atoms. The summed E-state index contributed by atoms with van der Waals surface area (Å²) in [7, 11) is 4.06. The predicted octanol–water partition coefficient (Wildman–Crippen LogP) is 4.46. The highest BCUT2D eigenvalue weighted by molar-refractivity contribution is 5.57. The van der Waals surface area contributed by atoms with E-state index in [0.717, 1.165) is 42.5 Å². The molecule has 3 rings (SSSR count). The van der Waals surface area contributed by atoms with Gasteiger partial charge in [0.15, 0.2) is 0 Å². The predicted molar refractivity (Wildman–Crippen MR) is 101 cm³/mol. The molecule has 2 aromatic rings. The lowest BCUT2D eigenvalue weighted by Crippen LogP contribution is -2.44. The van der Waals surface area contributed by atoms with Crippen molar-refractivity contribution in [3.8, 4) is 0 Å². The summed E-state index contributed by atoms with van der Waals surface area (Å²) in [6.07, 6.45) is 4.97. The highest BCUT2D eigenvalue weighted by Crippen LogP contribution is 2.46. The van der Waals surface area contributed by atoms with Gasteiger partial charge in [-0.3, -0.25) is 0 Å². The summed E-state index contributed by atoms with van der Waals surface area (Å²) in [6.45, 7) is 0.792. The molecule has 1 aliphatic rings. The lowest BCUT2D eigenvalue weighted by Gasteiger charge is -2.44.